The highest BCUT2D eigenvalue weighted by Gasteiger charge is 2.23. The average molecular weight is 254 g/mol. The molecule has 1 aromatic rings. The maximum absolute atomic E-state index is 11.3. The van der Waals surface area contributed by atoms with E-state index in [1.54, 1.807) is 11.4 Å². The first-order chi connectivity index (χ1) is 8.08. The molecule has 0 radical (unpaired) electrons. The van der Waals surface area contributed by atoms with Crippen LogP contribution in [0.2, 0.25) is 0 Å². The third-order valence-corrected chi connectivity index (χ3v) is 3.15. The van der Waals surface area contributed by atoms with Gasteiger partial charge in [-0.2, -0.15) is 5.26 Å². The molecule has 0 fully saturated rings. The van der Waals surface area contributed by atoms with Gasteiger partial charge in [-0.25, -0.2) is 0 Å². The Balaban J connectivity index is 2.58. The summed E-state index contributed by atoms with van der Waals surface area (Å²) >= 11 is 1.43. The number of nitrogens with one attached hydrogen (secondary N) is 1. The minimum absolute atomic E-state index is 0.414. The van der Waals surface area contributed by atoms with E-state index < -0.39 is 18.1 Å². The molecular formula is C11H14N2O3S. The molecule has 1 aromatic heterocycles. The summed E-state index contributed by atoms with van der Waals surface area (Å²) in [5.41, 5.74) is 0.596. The SMILES string of the molecule is COC(=O)[C@H](NCc1cc(C#N)cs1)[C@@H](C)O. The van der Waals surface area contributed by atoms with Crippen molar-refractivity contribution in [3.8, 4) is 6.07 Å². The largest absolute Gasteiger partial charge is 0.468 e. The molecule has 0 aromatic carbocycles. The highest BCUT2D eigenvalue weighted by molar-refractivity contribution is 7.10. The first-order valence-corrected chi connectivity index (χ1v) is 5.93. The van der Waals surface area contributed by atoms with E-state index in [1.165, 1.54) is 25.4 Å². The van der Waals surface area contributed by atoms with E-state index in [1.807, 2.05) is 6.07 Å². The first kappa shape index (κ1) is 13.6. The average Bonchev–Trinajstić information content (AvgIpc) is 2.76. The zero-order valence-electron chi connectivity index (χ0n) is 9.64. The molecule has 0 bridgehead atoms. The molecule has 17 heavy (non-hydrogen) atoms. The molecule has 0 amide bonds. The molecule has 1 rings (SSSR count). The third-order valence-electron chi connectivity index (χ3n) is 2.22. The van der Waals surface area contributed by atoms with E-state index in [0.717, 1.165) is 4.88 Å². The van der Waals surface area contributed by atoms with Gasteiger partial charge in [0.25, 0.3) is 0 Å². The van der Waals surface area contributed by atoms with Gasteiger partial charge < -0.3 is 9.84 Å². The van der Waals surface area contributed by atoms with E-state index in [-0.39, 0.29) is 0 Å². The Bertz CT molecular complexity index is 423. The molecule has 0 saturated heterocycles. The molecule has 1 heterocycles. The lowest BCUT2D eigenvalue weighted by molar-refractivity contribution is -0.145. The van der Waals surface area contributed by atoms with E-state index in [0.29, 0.717) is 12.1 Å². The number of nitrogens with zero attached hydrogens (tertiary/aromatic N) is 1. The number of esters is 1. The quantitative estimate of drug-likeness (QED) is 0.753. The summed E-state index contributed by atoms with van der Waals surface area (Å²) in [5.74, 6) is -0.503. The summed E-state index contributed by atoms with van der Waals surface area (Å²) in [4.78, 5) is 12.3. The number of nitriles is 1. The second-order valence-electron chi connectivity index (χ2n) is 3.54. The van der Waals surface area contributed by atoms with Crippen LogP contribution in [0, 0.1) is 11.3 Å². The third kappa shape index (κ3) is 3.82. The number of aliphatic hydroxyl groups excluding tert-OH is 1. The van der Waals surface area contributed by atoms with Gasteiger partial charge in [-0.1, -0.05) is 0 Å². The maximum atomic E-state index is 11.3. The molecule has 92 valence electrons. The molecule has 6 heteroatoms. The number of carbonyl (C=O) groups excluding carboxylic acids is 1. The van der Waals surface area contributed by atoms with Gasteiger partial charge in [0.1, 0.15) is 12.1 Å². The molecule has 0 aliphatic carbocycles. The normalized spacial score (nSPS) is 13.8. The van der Waals surface area contributed by atoms with E-state index >= 15 is 0 Å². The number of hydrogen-bond donors (Lipinski definition) is 2. The number of rotatable bonds is 5. The van der Waals surface area contributed by atoms with Gasteiger partial charge in [-0.05, 0) is 13.0 Å². The van der Waals surface area contributed by atoms with Crippen LogP contribution in [-0.2, 0) is 16.1 Å². The van der Waals surface area contributed by atoms with Crippen LogP contribution in [0.5, 0.6) is 0 Å². The predicted molar refractivity (Wildman–Crippen MR) is 63.4 cm³/mol. The van der Waals surface area contributed by atoms with Gasteiger partial charge in [0.05, 0.1) is 18.8 Å². The first-order valence-electron chi connectivity index (χ1n) is 5.05. The lowest BCUT2D eigenvalue weighted by Gasteiger charge is -2.18. The van der Waals surface area contributed by atoms with Crippen LogP contribution in [0.4, 0.5) is 0 Å². The van der Waals surface area contributed by atoms with E-state index in [4.69, 9.17) is 5.26 Å². The minimum Gasteiger partial charge on any atom is -0.468 e. The zero-order valence-corrected chi connectivity index (χ0v) is 10.5. The Labute approximate surface area is 104 Å². The van der Waals surface area contributed by atoms with Crippen LogP contribution in [0.3, 0.4) is 0 Å². The topological polar surface area (TPSA) is 82.3 Å². The summed E-state index contributed by atoms with van der Waals surface area (Å²) in [5, 5.41) is 22.7. The number of carbonyl (C=O) groups is 1. The van der Waals surface area contributed by atoms with Crippen molar-refractivity contribution >= 4 is 17.3 Å². The van der Waals surface area contributed by atoms with Gasteiger partial charge in [0.15, 0.2) is 0 Å². The fourth-order valence-corrected chi connectivity index (χ4v) is 2.08. The molecule has 0 spiro atoms. The number of hydrogen-bond acceptors (Lipinski definition) is 6. The summed E-state index contributed by atoms with van der Waals surface area (Å²) in [6, 6.07) is 3.02. The highest BCUT2D eigenvalue weighted by Crippen LogP contribution is 2.13. The van der Waals surface area contributed by atoms with Crippen LogP contribution in [0.15, 0.2) is 11.4 Å². The van der Waals surface area contributed by atoms with Crippen LogP contribution >= 0.6 is 11.3 Å². The molecule has 0 saturated carbocycles. The fraction of sp³-hybridized carbons (Fsp3) is 0.455. The summed E-state index contributed by atoms with van der Waals surface area (Å²) < 4.78 is 4.58. The number of aliphatic hydroxyl groups is 1. The molecule has 5 nitrogen and oxygen atoms in total. The number of thiophene rings is 1. The Morgan fingerprint density at radius 3 is 2.94 bits per heavy atom. The number of methoxy groups -OCH3 is 1. The van der Waals surface area contributed by atoms with E-state index in [2.05, 4.69) is 10.1 Å². The van der Waals surface area contributed by atoms with E-state index in [9.17, 15) is 9.90 Å². The Hall–Kier alpha value is -1.42. The van der Waals surface area contributed by atoms with Crippen molar-refractivity contribution in [1.82, 2.24) is 5.32 Å². The Morgan fingerprint density at radius 2 is 2.47 bits per heavy atom. The van der Waals surface area contributed by atoms with Crippen molar-refractivity contribution in [3.05, 3.63) is 21.9 Å². The fourth-order valence-electron chi connectivity index (χ4n) is 1.32. The smallest absolute Gasteiger partial charge is 0.325 e. The summed E-state index contributed by atoms with van der Waals surface area (Å²) in [6.07, 6.45) is -0.835. The van der Waals surface area contributed by atoms with Crippen LogP contribution < -0.4 is 5.32 Å². The van der Waals surface area contributed by atoms with Gasteiger partial charge in [-0.3, -0.25) is 10.1 Å². The van der Waals surface area contributed by atoms with Crippen LogP contribution in [0.25, 0.3) is 0 Å². The van der Waals surface area contributed by atoms with Gasteiger partial charge >= 0.3 is 5.97 Å². The standard InChI is InChI=1S/C11H14N2O3S/c1-7(14)10(11(15)16-2)13-5-9-3-8(4-12)6-17-9/h3,6-7,10,13-14H,5H2,1-2H3/t7-,10-/m1/s1. The van der Waals surface area contributed by atoms with Crippen molar-refractivity contribution in [2.24, 2.45) is 0 Å². The van der Waals surface area contributed by atoms with Crippen LogP contribution in [-0.4, -0.2) is 30.3 Å². The molecular weight excluding hydrogens is 240 g/mol. The highest BCUT2D eigenvalue weighted by atomic mass is 32.1. The van der Waals surface area contributed by atoms with Gasteiger partial charge in [0, 0.05) is 16.8 Å². The second kappa shape index (κ2) is 6.35. The Morgan fingerprint density at radius 1 is 1.76 bits per heavy atom. The second-order valence-corrected chi connectivity index (χ2v) is 4.53. The van der Waals surface area contributed by atoms with Gasteiger partial charge in [0.2, 0.25) is 0 Å². The zero-order chi connectivity index (χ0) is 12.8. The van der Waals surface area contributed by atoms with Crippen molar-refractivity contribution < 1.29 is 14.6 Å². The summed E-state index contributed by atoms with van der Waals surface area (Å²) in [7, 11) is 1.28. The van der Waals surface area contributed by atoms with Crippen molar-refractivity contribution in [3.63, 3.8) is 0 Å². The minimum atomic E-state index is -0.835. The lowest BCUT2D eigenvalue weighted by atomic mass is 10.2. The van der Waals surface area contributed by atoms with Crippen molar-refractivity contribution in [2.75, 3.05) is 7.11 Å². The molecule has 0 aliphatic rings. The predicted octanol–water partition coefficient (Wildman–Crippen LogP) is 0.632. The number of ether oxygens (including phenoxy) is 1. The molecule has 0 aliphatic heterocycles. The van der Waals surface area contributed by atoms with Crippen molar-refractivity contribution in [1.29, 1.82) is 5.26 Å². The molecule has 2 N–H and O–H groups in total. The monoisotopic (exact) mass is 254 g/mol. The van der Waals surface area contributed by atoms with Crippen molar-refractivity contribution in [2.45, 2.75) is 25.6 Å². The molecule has 2 atom stereocenters. The molecule has 0 unspecified atom stereocenters. The van der Waals surface area contributed by atoms with Crippen LogP contribution in [0.1, 0.15) is 17.4 Å². The lowest BCUT2D eigenvalue weighted by Crippen LogP contribution is -2.44. The Kier molecular flexibility index (Phi) is 5.10. The maximum Gasteiger partial charge on any atom is 0.325 e. The summed E-state index contributed by atoms with van der Waals surface area (Å²) in [6.45, 7) is 1.93. The van der Waals surface area contributed by atoms with Gasteiger partial charge in [-0.15, -0.1) is 11.3 Å².